The fourth-order valence-corrected chi connectivity index (χ4v) is 1.29. The molecule has 14 heavy (non-hydrogen) atoms. The monoisotopic (exact) mass is 191 g/mol. The highest BCUT2D eigenvalue weighted by atomic mass is 16.5. The van der Waals surface area contributed by atoms with Crippen molar-refractivity contribution in [3.8, 4) is 5.75 Å². The second kappa shape index (κ2) is 3.37. The fraction of sp³-hybridized carbons (Fsp3) is 0.111. The van der Waals surface area contributed by atoms with Crippen molar-refractivity contribution in [1.29, 1.82) is 0 Å². The van der Waals surface area contributed by atoms with E-state index in [-0.39, 0.29) is 0 Å². The van der Waals surface area contributed by atoms with Crippen LogP contribution in [-0.4, -0.2) is 28.5 Å². The molecule has 0 aliphatic rings. The van der Waals surface area contributed by atoms with E-state index in [4.69, 9.17) is 9.94 Å². The van der Waals surface area contributed by atoms with Crippen LogP contribution in [0.5, 0.6) is 5.75 Å². The van der Waals surface area contributed by atoms with Gasteiger partial charge in [-0.2, -0.15) is 0 Å². The Morgan fingerprint density at radius 1 is 1.64 bits per heavy atom. The highest BCUT2D eigenvalue weighted by molar-refractivity contribution is 5.97. The maximum absolute atomic E-state index is 8.43. The highest BCUT2D eigenvalue weighted by Gasteiger charge is 2.03. The van der Waals surface area contributed by atoms with Crippen LogP contribution in [0.4, 0.5) is 0 Å². The zero-order valence-corrected chi connectivity index (χ0v) is 7.56. The summed E-state index contributed by atoms with van der Waals surface area (Å²) >= 11 is 0. The van der Waals surface area contributed by atoms with Gasteiger partial charge in [-0.3, -0.25) is 0 Å². The lowest BCUT2D eigenvalue weighted by Crippen LogP contribution is -1.85. The maximum atomic E-state index is 8.43. The van der Waals surface area contributed by atoms with Gasteiger partial charge in [-0.15, -0.1) is 0 Å². The number of aromatic amines is 1. The van der Waals surface area contributed by atoms with Gasteiger partial charge in [0, 0.05) is 17.1 Å². The minimum absolute atomic E-state index is 0.671. The molecule has 0 saturated heterocycles. The Morgan fingerprint density at radius 2 is 2.50 bits per heavy atom. The first kappa shape index (κ1) is 8.55. The Bertz CT molecular complexity index is 476. The van der Waals surface area contributed by atoms with E-state index in [9.17, 15) is 0 Å². The largest absolute Gasteiger partial charge is 0.495 e. The molecule has 2 N–H and O–H groups in total. The number of methoxy groups -OCH3 is 1. The summed E-state index contributed by atoms with van der Waals surface area (Å²) in [6, 6.07) is 1.83. The lowest BCUT2D eigenvalue weighted by atomic mass is 10.2. The summed E-state index contributed by atoms with van der Waals surface area (Å²) < 4.78 is 5.04. The molecule has 0 fully saturated rings. The van der Waals surface area contributed by atoms with Gasteiger partial charge in [0.25, 0.3) is 0 Å². The standard InChI is InChI=1S/C9H9N3O2/c1-14-7-2-8-6(4-12-13)3-10-9(8)11-5-7/h2-5,13H,1H3,(H,10,11)/b12-4+. The molecule has 0 atom stereocenters. The number of hydrogen-bond acceptors (Lipinski definition) is 4. The summed E-state index contributed by atoms with van der Waals surface area (Å²) in [5.74, 6) is 0.671. The van der Waals surface area contributed by atoms with Crippen molar-refractivity contribution in [2.24, 2.45) is 5.16 Å². The number of nitrogens with one attached hydrogen (secondary N) is 1. The Labute approximate surface area is 80.0 Å². The summed E-state index contributed by atoms with van der Waals surface area (Å²) in [6.07, 6.45) is 4.69. The van der Waals surface area contributed by atoms with Gasteiger partial charge < -0.3 is 14.9 Å². The van der Waals surface area contributed by atoms with E-state index in [0.717, 1.165) is 16.6 Å². The zero-order valence-electron chi connectivity index (χ0n) is 7.56. The van der Waals surface area contributed by atoms with Crippen LogP contribution in [0.1, 0.15) is 5.56 Å². The molecule has 2 aromatic heterocycles. The van der Waals surface area contributed by atoms with Crippen molar-refractivity contribution in [2.75, 3.05) is 7.11 Å². The van der Waals surface area contributed by atoms with E-state index in [2.05, 4.69) is 15.1 Å². The molecule has 0 spiro atoms. The first-order valence-corrected chi connectivity index (χ1v) is 4.03. The average molecular weight is 191 g/mol. The predicted octanol–water partition coefficient (Wildman–Crippen LogP) is 1.38. The van der Waals surface area contributed by atoms with Crippen LogP contribution in [0.2, 0.25) is 0 Å². The molecule has 5 nitrogen and oxygen atoms in total. The zero-order chi connectivity index (χ0) is 9.97. The first-order chi connectivity index (χ1) is 6.85. The maximum Gasteiger partial charge on any atom is 0.138 e. The Morgan fingerprint density at radius 3 is 3.21 bits per heavy atom. The number of ether oxygens (including phenoxy) is 1. The molecule has 0 saturated carbocycles. The average Bonchev–Trinajstić information content (AvgIpc) is 2.61. The first-order valence-electron chi connectivity index (χ1n) is 4.03. The number of nitrogens with zero attached hydrogens (tertiary/aromatic N) is 2. The molecule has 0 radical (unpaired) electrons. The third kappa shape index (κ3) is 1.28. The van der Waals surface area contributed by atoms with Crippen LogP contribution in [-0.2, 0) is 0 Å². The molecule has 72 valence electrons. The highest BCUT2D eigenvalue weighted by Crippen LogP contribution is 2.19. The van der Waals surface area contributed by atoms with Crippen LogP contribution in [0.3, 0.4) is 0 Å². The van der Waals surface area contributed by atoms with Crippen molar-refractivity contribution in [2.45, 2.75) is 0 Å². The predicted molar refractivity (Wildman–Crippen MR) is 52.0 cm³/mol. The quantitative estimate of drug-likeness (QED) is 0.428. The third-order valence-corrected chi connectivity index (χ3v) is 1.97. The van der Waals surface area contributed by atoms with E-state index in [1.807, 2.05) is 6.07 Å². The molecular weight excluding hydrogens is 182 g/mol. The second-order valence-electron chi connectivity index (χ2n) is 2.76. The van der Waals surface area contributed by atoms with Gasteiger partial charge in [0.2, 0.25) is 0 Å². The van der Waals surface area contributed by atoms with E-state index in [1.165, 1.54) is 6.21 Å². The SMILES string of the molecule is COc1cnc2[nH]cc(/C=N/O)c2c1. The van der Waals surface area contributed by atoms with Crippen molar-refractivity contribution in [1.82, 2.24) is 9.97 Å². The van der Waals surface area contributed by atoms with Crippen molar-refractivity contribution in [3.63, 3.8) is 0 Å². The minimum Gasteiger partial charge on any atom is -0.495 e. The van der Waals surface area contributed by atoms with E-state index in [1.54, 1.807) is 19.5 Å². The Kier molecular flexibility index (Phi) is 2.06. The molecule has 2 aromatic rings. The number of rotatable bonds is 2. The van der Waals surface area contributed by atoms with Crippen LogP contribution >= 0.6 is 0 Å². The molecular formula is C9H9N3O2. The van der Waals surface area contributed by atoms with Gasteiger partial charge in [0.15, 0.2) is 0 Å². The van der Waals surface area contributed by atoms with Crippen LogP contribution < -0.4 is 4.74 Å². The third-order valence-electron chi connectivity index (χ3n) is 1.97. The van der Waals surface area contributed by atoms with E-state index in [0.29, 0.717) is 5.75 Å². The van der Waals surface area contributed by atoms with Crippen molar-refractivity contribution >= 4 is 17.2 Å². The Hall–Kier alpha value is -2.04. The number of H-pyrrole nitrogens is 1. The molecule has 2 rings (SSSR count). The van der Waals surface area contributed by atoms with Gasteiger partial charge in [-0.05, 0) is 6.07 Å². The van der Waals surface area contributed by atoms with Crippen molar-refractivity contribution < 1.29 is 9.94 Å². The minimum atomic E-state index is 0.671. The lowest BCUT2D eigenvalue weighted by Gasteiger charge is -1.97. The summed E-state index contributed by atoms with van der Waals surface area (Å²) in [6.45, 7) is 0. The Balaban J connectivity index is 2.63. The molecule has 2 heterocycles. The summed E-state index contributed by atoms with van der Waals surface area (Å²) in [5, 5.41) is 12.3. The lowest BCUT2D eigenvalue weighted by molar-refractivity contribution is 0.322. The van der Waals surface area contributed by atoms with Gasteiger partial charge in [0.05, 0.1) is 19.5 Å². The molecule has 0 aliphatic carbocycles. The van der Waals surface area contributed by atoms with Crippen molar-refractivity contribution in [3.05, 3.63) is 24.0 Å². The van der Waals surface area contributed by atoms with Crippen LogP contribution in [0.25, 0.3) is 11.0 Å². The van der Waals surface area contributed by atoms with Gasteiger partial charge in [-0.1, -0.05) is 5.16 Å². The molecule has 0 unspecified atom stereocenters. The normalized spacial score (nSPS) is 11.2. The molecule has 0 aliphatic heterocycles. The summed E-state index contributed by atoms with van der Waals surface area (Å²) in [4.78, 5) is 7.09. The number of fused-ring (bicyclic) bond motifs is 1. The second-order valence-corrected chi connectivity index (χ2v) is 2.76. The van der Waals surface area contributed by atoms with Gasteiger partial charge in [0.1, 0.15) is 11.4 Å². The van der Waals surface area contributed by atoms with E-state index >= 15 is 0 Å². The smallest absolute Gasteiger partial charge is 0.138 e. The molecule has 0 amide bonds. The fourth-order valence-electron chi connectivity index (χ4n) is 1.29. The molecule has 0 aromatic carbocycles. The number of pyridine rings is 1. The van der Waals surface area contributed by atoms with Gasteiger partial charge >= 0.3 is 0 Å². The molecule has 5 heteroatoms. The van der Waals surface area contributed by atoms with Gasteiger partial charge in [-0.25, -0.2) is 4.98 Å². The topological polar surface area (TPSA) is 70.5 Å². The summed E-state index contributed by atoms with van der Waals surface area (Å²) in [7, 11) is 1.58. The van der Waals surface area contributed by atoms with Crippen LogP contribution in [0.15, 0.2) is 23.6 Å². The molecule has 0 bridgehead atoms. The summed E-state index contributed by atoms with van der Waals surface area (Å²) in [5.41, 5.74) is 1.51. The number of hydrogen-bond donors (Lipinski definition) is 2. The number of oxime groups is 1. The number of aromatic nitrogens is 2. The van der Waals surface area contributed by atoms with E-state index < -0.39 is 0 Å². The van der Waals surface area contributed by atoms with Crippen LogP contribution in [0, 0.1) is 0 Å².